The van der Waals surface area contributed by atoms with Crippen LogP contribution in [0.1, 0.15) is 33.3 Å². The lowest BCUT2D eigenvalue weighted by Crippen LogP contribution is -2.49. The lowest BCUT2D eigenvalue weighted by Gasteiger charge is -2.39. The summed E-state index contributed by atoms with van der Waals surface area (Å²) >= 11 is 0. The standard InChI is InChI=1S/C16H22FNO6S/c1-10-8-23-13-6-5-11(17)7-12(13)16(10,20)9-25(21,22)18-14(19)24-15(2,3)4/h5-7,10,20H,8-9H2,1-4H3,(H,18,19). The number of ether oxygens (including phenoxy) is 2. The van der Waals surface area contributed by atoms with E-state index >= 15 is 0 Å². The van der Waals surface area contributed by atoms with E-state index in [1.165, 1.54) is 6.07 Å². The molecule has 0 saturated carbocycles. The van der Waals surface area contributed by atoms with Crippen LogP contribution in [-0.4, -0.2) is 37.6 Å². The Morgan fingerprint density at radius 1 is 1.48 bits per heavy atom. The van der Waals surface area contributed by atoms with E-state index in [9.17, 15) is 22.7 Å². The predicted molar refractivity (Wildman–Crippen MR) is 88.1 cm³/mol. The SMILES string of the molecule is CC1COc2ccc(F)cc2C1(O)CS(=O)(=O)NC(=O)OC(C)(C)C. The zero-order valence-corrected chi connectivity index (χ0v) is 15.3. The minimum atomic E-state index is -4.25. The first-order chi connectivity index (χ1) is 11.3. The Hall–Kier alpha value is -1.87. The summed E-state index contributed by atoms with van der Waals surface area (Å²) in [5.74, 6) is -1.90. The number of halogens is 1. The van der Waals surface area contributed by atoms with Crippen LogP contribution in [0.5, 0.6) is 5.75 Å². The quantitative estimate of drug-likeness (QED) is 0.837. The normalized spacial score (nSPS) is 23.4. The Balaban J connectivity index is 2.28. The molecule has 1 aliphatic rings. The fourth-order valence-electron chi connectivity index (χ4n) is 2.56. The largest absolute Gasteiger partial charge is 0.493 e. The van der Waals surface area contributed by atoms with E-state index in [2.05, 4.69) is 0 Å². The van der Waals surface area contributed by atoms with Crippen LogP contribution in [0.2, 0.25) is 0 Å². The van der Waals surface area contributed by atoms with Gasteiger partial charge in [0, 0.05) is 11.5 Å². The first kappa shape index (κ1) is 19.5. The van der Waals surface area contributed by atoms with Crippen molar-refractivity contribution in [3.05, 3.63) is 29.6 Å². The number of carbonyl (C=O) groups is 1. The fraction of sp³-hybridized carbons (Fsp3) is 0.562. The second kappa shape index (κ2) is 6.45. The molecule has 1 aromatic carbocycles. The van der Waals surface area contributed by atoms with Crippen molar-refractivity contribution in [2.45, 2.75) is 38.9 Å². The zero-order chi connectivity index (χ0) is 19.0. The summed E-state index contributed by atoms with van der Waals surface area (Å²) in [5.41, 5.74) is -2.76. The van der Waals surface area contributed by atoms with E-state index in [0.29, 0.717) is 0 Å². The lowest BCUT2D eigenvalue weighted by atomic mass is 9.82. The van der Waals surface area contributed by atoms with Gasteiger partial charge in [0.25, 0.3) is 0 Å². The van der Waals surface area contributed by atoms with Crippen molar-refractivity contribution in [1.82, 2.24) is 4.72 Å². The van der Waals surface area contributed by atoms with Crippen LogP contribution in [0.15, 0.2) is 18.2 Å². The van der Waals surface area contributed by atoms with Gasteiger partial charge >= 0.3 is 6.09 Å². The smallest absolute Gasteiger partial charge is 0.421 e. The molecule has 0 saturated heterocycles. The van der Waals surface area contributed by atoms with Gasteiger partial charge in [-0.3, -0.25) is 0 Å². The average Bonchev–Trinajstić information content (AvgIpc) is 2.40. The van der Waals surface area contributed by atoms with Gasteiger partial charge in [-0.2, -0.15) is 0 Å². The van der Waals surface area contributed by atoms with Gasteiger partial charge in [0.2, 0.25) is 10.0 Å². The van der Waals surface area contributed by atoms with Crippen molar-refractivity contribution in [3.63, 3.8) is 0 Å². The molecule has 1 aromatic rings. The minimum absolute atomic E-state index is 0.0285. The highest BCUT2D eigenvalue weighted by Gasteiger charge is 2.46. The minimum Gasteiger partial charge on any atom is -0.493 e. The second-order valence-corrected chi connectivity index (χ2v) is 8.86. The maximum Gasteiger partial charge on any atom is 0.421 e. The third-order valence-corrected chi connectivity index (χ3v) is 5.06. The number of carbonyl (C=O) groups excluding carboxylic acids is 1. The van der Waals surface area contributed by atoms with E-state index in [1.807, 2.05) is 0 Å². The summed E-state index contributed by atoms with van der Waals surface area (Å²) in [4.78, 5) is 11.7. The van der Waals surface area contributed by atoms with E-state index < -0.39 is 44.8 Å². The molecule has 1 aliphatic heterocycles. The van der Waals surface area contributed by atoms with Crippen molar-refractivity contribution in [3.8, 4) is 5.75 Å². The van der Waals surface area contributed by atoms with Gasteiger partial charge in [0.15, 0.2) is 0 Å². The Morgan fingerprint density at radius 3 is 2.72 bits per heavy atom. The van der Waals surface area contributed by atoms with Crippen LogP contribution in [-0.2, 0) is 20.4 Å². The topological polar surface area (TPSA) is 102 Å². The van der Waals surface area contributed by atoms with E-state index in [-0.39, 0.29) is 17.9 Å². The number of fused-ring (bicyclic) bond motifs is 1. The van der Waals surface area contributed by atoms with Gasteiger partial charge < -0.3 is 14.6 Å². The van der Waals surface area contributed by atoms with Gasteiger partial charge in [0.05, 0.1) is 6.61 Å². The van der Waals surface area contributed by atoms with Crippen LogP contribution in [0.4, 0.5) is 9.18 Å². The van der Waals surface area contributed by atoms with Crippen molar-refractivity contribution in [1.29, 1.82) is 0 Å². The molecule has 140 valence electrons. The zero-order valence-electron chi connectivity index (χ0n) is 14.5. The number of hydrogen-bond acceptors (Lipinski definition) is 6. The third kappa shape index (κ3) is 4.60. The van der Waals surface area contributed by atoms with Crippen LogP contribution < -0.4 is 9.46 Å². The summed E-state index contributed by atoms with van der Waals surface area (Å²) in [6.45, 7) is 6.40. The third-order valence-electron chi connectivity index (χ3n) is 3.76. The molecule has 7 nitrogen and oxygen atoms in total. The first-order valence-electron chi connectivity index (χ1n) is 7.71. The average molecular weight is 375 g/mol. The molecule has 1 heterocycles. The van der Waals surface area contributed by atoms with Crippen LogP contribution in [0, 0.1) is 11.7 Å². The summed E-state index contributed by atoms with van der Waals surface area (Å²) in [5, 5.41) is 11.0. The van der Waals surface area contributed by atoms with E-state index in [0.717, 1.165) is 12.1 Å². The Morgan fingerprint density at radius 2 is 2.12 bits per heavy atom. The van der Waals surface area contributed by atoms with Gasteiger partial charge in [-0.15, -0.1) is 0 Å². The number of amides is 1. The van der Waals surface area contributed by atoms with Crippen LogP contribution >= 0.6 is 0 Å². The van der Waals surface area contributed by atoms with Crippen LogP contribution in [0.25, 0.3) is 0 Å². The summed E-state index contributed by atoms with van der Waals surface area (Å²) in [6, 6.07) is 3.52. The molecule has 9 heteroatoms. The van der Waals surface area contributed by atoms with E-state index in [1.54, 1.807) is 32.4 Å². The summed E-state index contributed by atoms with van der Waals surface area (Å²) in [6.07, 6.45) is -1.14. The second-order valence-electron chi connectivity index (χ2n) is 7.14. The Labute approximate surface area is 146 Å². The number of sulfonamides is 1. The first-order valence-corrected chi connectivity index (χ1v) is 9.36. The van der Waals surface area contributed by atoms with Crippen molar-refractivity contribution in [2.75, 3.05) is 12.4 Å². The fourth-order valence-corrected chi connectivity index (χ4v) is 3.94. The number of rotatable bonds is 3. The molecule has 0 radical (unpaired) electrons. The molecule has 1 amide bonds. The van der Waals surface area contributed by atoms with Crippen molar-refractivity contribution in [2.24, 2.45) is 5.92 Å². The van der Waals surface area contributed by atoms with Gasteiger partial charge in [-0.1, -0.05) is 6.92 Å². The molecule has 0 spiro atoms. The molecular weight excluding hydrogens is 353 g/mol. The molecule has 0 aromatic heterocycles. The number of hydrogen-bond donors (Lipinski definition) is 2. The van der Waals surface area contributed by atoms with Gasteiger partial charge in [-0.25, -0.2) is 22.3 Å². The maximum atomic E-state index is 13.6. The highest BCUT2D eigenvalue weighted by Crippen LogP contribution is 2.41. The van der Waals surface area contributed by atoms with Gasteiger partial charge in [0.1, 0.15) is 28.5 Å². The Bertz CT molecular complexity index is 773. The highest BCUT2D eigenvalue weighted by molar-refractivity contribution is 7.90. The monoisotopic (exact) mass is 375 g/mol. The molecule has 25 heavy (non-hydrogen) atoms. The molecule has 2 unspecified atom stereocenters. The molecule has 0 aliphatic carbocycles. The van der Waals surface area contributed by atoms with Crippen LogP contribution in [0.3, 0.4) is 0 Å². The highest BCUT2D eigenvalue weighted by atomic mass is 32.2. The number of nitrogens with one attached hydrogen (secondary N) is 1. The molecular formula is C16H22FNO6S. The van der Waals surface area contributed by atoms with E-state index in [4.69, 9.17) is 9.47 Å². The molecule has 2 rings (SSSR count). The molecule has 2 atom stereocenters. The molecule has 0 bridgehead atoms. The number of benzene rings is 1. The van der Waals surface area contributed by atoms with Gasteiger partial charge in [-0.05, 0) is 39.0 Å². The Kier molecular flexibility index (Phi) is 5.02. The van der Waals surface area contributed by atoms with Crippen molar-refractivity contribution < 1.29 is 32.2 Å². The predicted octanol–water partition coefficient (Wildman–Crippen LogP) is 1.90. The molecule has 2 N–H and O–H groups in total. The molecule has 0 fully saturated rings. The summed E-state index contributed by atoms with van der Waals surface area (Å²) in [7, 11) is -4.25. The summed E-state index contributed by atoms with van der Waals surface area (Å²) < 4.78 is 50.4. The number of aliphatic hydroxyl groups is 1. The lowest BCUT2D eigenvalue weighted by molar-refractivity contribution is -0.0326. The van der Waals surface area contributed by atoms with Crippen molar-refractivity contribution >= 4 is 16.1 Å². The maximum absolute atomic E-state index is 13.6.